The van der Waals surface area contributed by atoms with Gasteiger partial charge in [0.2, 0.25) is 0 Å². The second-order valence-electron chi connectivity index (χ2n) is 8.54. The van der Waals surface area contributed by atoms with Gasteiger partial charge in [0, 0.05) is 24.2 Å². The van der Waals surface area contributed by atoms with Gasteiger partial charge in [-0.05, 0) is 57.1 Å². The molecule has 0 aliphatic carbocycles. The number of nitro benzene ring substituents is 1. The van der Waals surface area contributed by atoms with Crippen LogP contribution < -0.4 is 0 Å². The van der Waals surface area contributed by atoms with E-state index in [0.717, 1.165) is 30.8 Å². The normalized spacial score (nSPS) is 17.6. The number of benzene rings is 2. The number of Topliss-reactive ketones (excluding diaryl/α,β-unsaturated/α-hetero) is 1. The van der Waals surface area contributed by atoms with Gasteiger partial charge in [-0.15, -0.1) is 0 Å². The molecule has 0 bridgehead atoms. The minimum Gasteiger partial charge on any atom is -0.507 e. The highest BCUT2D eigenvalue weighted by molar-refractivity contribution is 6.46. The molecule has 0 saturated carbocycles. The fraction of sp³-hybridized carbons (Fsp3) is 0.385. The van der Waals surface area contributed by atoms with Gasteiger partial charge in [-0.1, -0.05) is 43.7 Å². The molecule has 2 aromatic rings. The van der Waals surface area contributed by atoms with Crippen molar-refractivity contribution >= 4 is 23.1 Å². The van der Waals surface area contributed by atoms with E-state index in [1.807, 2.05) is 26.0 Å². The number of aliphatic hydroxyl groups is 1. The lowest BCUT2D eigenvalue weighted by molar-refractivity contribution is -0.384. The predicted octanol–water partition coefficient (Wildman–Crippen LogP) is 4.37. The van der Waals surface area contributed by atoms with Gasteiger partial charge in [-0.25, -0.2) is 0 Å². The molecule has 1 aliphatic heterocycles. The Labute approximate surface area is 199 Å². The molecule has 1 saturated heterocycles. The number of rotatable bonds is 9. The molecule has 8 nitrogen and oxygen atoms in total. The van der Waals surface area contributed by atoms with Crippen molar-refractivity contribution in [2.75, 3.05) is 26.2 Å². The highest BCUT2D eigenvalue weighted by atomic mass is 16.6. The van der Waals surface area contributed by atoms with Crippen LogP contribution in [0.5, 0.6) is 0 Å². The average Bonchev–Trinajstić information content (AvgIpc) is 3.08. The molecule has 2 aromatic carbocycles. The first-order chi connectivity index (χ1) is 16.2. The molecule has 1 heterocycles. The van der Waals surface area contributed by atoms with Gasteiger partial charge in [0.25, 0.3) is 17.4 Å². The lowest BCUT2D eigenvalue weighted by atomic mass is 9.93. The van der Waals surface area contributed by atoms with E-state index in [-0.39, 0.29) is 23.6 Å². The fourth-order valence-corrected chi connectivity index (χ4v) is 4.41. The number of likely N-dealkylation sites (tertiary alicyclic amines) is 1. The summed E-state index contributed by atoms with van der Waals surface area (Å²) < 4.78 is 0. The van der Waals surface area contributed by atoms with Crippen LogP contribution in [0.3, 0.4) is 0 Å². The minimum atomic E-state index is -0.906. The van der Waals surface area contributed by atoms with Crippen molar-refractivity contribution in [3.05, 3.63) is 80.4 Å². The number of aryl methyl sites for hydroxylation is 2. The van der Waals surface area contributed by atoms with Crippen molar-refractivity contribution < 1.29 is 19.6 Å². The second-order valence-corrected chi connectivity index (χ2v) is 8.54. The van der Waals surface area contributed by atoms with Crippen LogP contribution in [0.4, 0.5) is 5.69 Å². The van der Waals surface area contributed by atoms with Gasteiger partial charge in [-0.2, -0.15) is 0 Å². The third-order valence-corrected chi connectivity index (χ3v) is 6.35. The Morgan fingerprint density at radius 2 is 1.82 bits per heavy atom. The van der Waals surface area contributed by atoms with Crippen molar-refractivity contribution in [2.45, 2.75) is 40.2 Å². The van der Waals surface area contributed by atoms with Crippen LogP contribution in [-0.4, -0.2) is 57.7 Å². The molecular weight excluding hydrogens is 434 g/mol. The fourth-order valence-electron chi connectivity index (χ4n) is 4.41. The number of carbonyl (C=O) groups excluding carboxylic acids is 2. The molecule has 1 N–H and O–H groups in total. The maximum Gasteiger partial charge on any atom is 0.295 e. The van der Waals surface area contributed by atoms with Crippen LogP contribution in [0.1, 0.15) is 48.6 Å². The molecule has 8 heteroatoms. The molecule has 1 aliphatic rings. The van der Waals surface area contributed by atoms with E-state index in [0.29, 0.717) is 17.5 Å². The molecule has 0 radical (unpaired) electrons. The van der Waals surface area contributed by atoms with E-state index in [1.165, 1.54) is 23.1 Å². The Kier molecular flexibility index (Phi) is 7.83. The largest absolute Gasteiger partial charge is 0.507 e. The maximum absolute atomic E-state index is 13.2. The first-order valence-electron chi connectivity index (χ1n) is 11.5. The van der Waals surface area contributed by atoms with Crippen LogP contribution in [-0.2, 0) is 9.59 Å². The van der Waals surface area contributed by atoms with Crippen LogP contribution >= 0.6 is 0 Å². The highest BCUT2D eigenvalue weighted by Crippen LogP contribution is 2.40. The van der Waals surface area contributed by atoms with E-state index in [4.69, 9.17) is 0 Å². The number of ketones is 1. The van der Waals surface area contributed by atoms with Crippen LogP contribution in [0.15, 0.2) is 48.0 Å². The molecule has 1 amide bonds. The molecule has 3 rings (SSSR count). The average molecular weight is 466 g/mol. The Morgan fingerprint density at radius 3 is 2.47 bits per heavy atom. The molecule has 1 unspecified atom stereocenters. The van der Waals surface area contributed by atoms with Crippen LogP contribution in [0.25, 0.3) is 5.76 Å². The van der Waals surface area contributed by atoms with E-state index in [1.54, 1.807) is 12.1 Å². The monoisotopic (exact) mass is 465 g/mol. The summed E-state index contributed by atoms with van der Waals surface area (Å²) in [6, 6.07) is 10.5. The van der Waals surface area contributed by atoms with Crippen LogP contribution in [0.2, 0.25) is 0 Å². The third-order valence-electron chi connectivity index (χ3n) is 6.35. The van der Waals surface area contributed by atoms with Crippen molar-refractivity contribution in [3.63, 3.8) is 0 Å². The highest BCUT2D eigenvalue weighted by Gasteiger charge is 2.46. The second kappa shape index (κ2) is 10.6. The lowest BCUT2D eigenvalue weighted by Gasteiger charge is -2.26. The molecular formula is C26H31N3O5. The number of carbonyl (C=O) groups is 2. The van der Waals surface area contributed by atoms with E-state index in [9.17, 15) is 24.8 Å². The van der Waals surface area contributed by atoms with Crippen molar-refractivity contribution in [1.29, 1.82) is 0 Å². The number of amides is 1. The van der Waals surface area contributed by atoms with Crippen molar-refractivity contribution in [1.82, 2.24) is 9.80 Å². The molecule has 34 heavy (non-hydrogen) atoms. The number of hydrogen-bond donors (Lipinski definition) is 1. The smallest absolute Gasteiger partial charge is 0.295 e. The molecule has 0 aromatic heterocycles. The summed E-state index contributed by atoms with van der Waals surface area (Å²) in [6.45, 7) is 10.6. The zero-order valence-corrected chi connectivity index (χ0v) is 20.1. The number of hydrogen-bond acceptors (Lipinski definition) is 6. The van der Waals surface area contributed by atoms with Gasteiger partial charge >= 0.3 is 0 Å². The van der Waals surface area contributed by atoms with Gasteiger partial charge in [0.05, 0.1) is 16.5 Å². The Morgan fingerprint density at radius 1 is 1.12 bits per heavy atom. The van der Waals surface area contributed by atoms with Gasteiger partial charge in [0.1, 0.15) is 5.76 Å². The van der Waals surface area contributed by atoms with Crippen molar-refractivity contribution in [2.24, 2.45) is 0 Å². The Hall–Kier alpha value is -3.52. The zero-order chi connectivity index (χ0) is 25.0. The van der Waals surface area contributed by atoms with E-state index in [2.05, 4.69) is 18.7 Å². The summed E-state index contributed by atoms with van der Waals surface area (Å²) in [6.07, 6.45) is 0.629. The first kappa shape index (κ1) is 25.1. The molecule has 1 fully saturated rings. The SMILES string of the molecule is CCN(CC)CCCN1C(=O)C(=O)/C(=C(/O)c2cc(C)ccc2C)C1c1cccc([N+](=O)[O-])c1. The number of aliphatic hydroxyl groups excluding tert-OH is 1. The number of nitrogens with zero attached hydrogens (tertiary/aromatic N) is 3. The molecule has 0 spiro atoms. The first-order valence-corrected chi connectivity index (χ1v) is 11.5. The number of non-ortho nitro benzene ring substituents is 1. The van der Waals surface area contributed by atoms with Crippen molar-refractivity contribution in [3.8, 4) is 0 Å². The Balaban J connectivity index is 2.12. The lowest BCUT2D eigenvalue weighted by Crippen LogP contribution is -2.33. The third kappa shape index (κ3) is 5.02. The van der Waals surface area contributed by atoms with Crippen LogP contribution in [0, 0.1) is 24.0 Å². The molecule has 1 atom stereocenters. The molecule has 180 valence electrons. The minimum absolute atomic E-state index is 0.0398. The van der Waals surface area contributed by atoms with Gasteiger partial charge in [-0.3, -0.25) is 19.7 Å². The zero-order valence-electron chi connectivity index (χ0n) is 20.1. The van der Waals surface area contributed by atoms with Gasteiger partial charge < -0.3 is 14.9 Å². The standard InChI is InChI=1S/C26H31N3O5/c1-5-27(6-2)13-8-14-28-23(19-9-7-10-20(16-19)29(33)34)22(25(31)26(28)32)24(30)21-15-17(3)11-12-18(21)4/h7,9-12,15-16,23,30H,5-6,8,13-14H2,1-4H3/b24-22+. The summed E-state index contributed by atoms with van der Waals surface area (Å²) in [5, 5.41) is 22.7. The maximum atomic E-state index is 13.2. The summed E-state index contributed by atoms with van der Waals surface area (Å²) in [5.74, 6) is -1.75. The predicted molar refractivity (Wildman–Crippen MR) is 130 cm³/mol. The topological polar surface area (TPSA) is 104 Å². The summed E-state index contributed by atoms with van der Waals surface area (Å²) in [7, 11) is 0. The number of nitro groups is 1. The quantitative estimate of drug-likeness (QED) is 0.194. The summed E-state index contributed by atoms with van der Waals surface area (Å²) in [4.78, 5) is 40.8. The summed E-state index contributed by atoms with van der Waals surface area (Å²) in [5.41, 5.74) is 2.36. The van der Waals surface area contributed by atoms with E-state index >= 15 is 0 Å². The van der Waals surface area contributed by atoms with Gasteiger partial charge in [0.15, 0.2) is 0 Å². The summed E-state index contributed by atoms with van der Waals surface area (Å²) >= 11 is 0. The Bertz CT molecular complexity index is 1140. The van der Waals surface area contributed by atoms with E-state index < -0.39 is 22.7 Å².